The van der Waals surface area contributed by atoms with Gasteiger partial charge in [0.15, 0.2) is 0 Å². The van der Waals surface area contributed by atoms with Gasteiger partial charge in [-0.1, -0.05) is 6.42 Å². The maximum atomic E-state index is 5.22. The van der Waals surface area contributed by atoms with Gasteiger partial charge in [0, 0.05) is 25.7 Å². The standard InChI is InChI=1S/C11H24N2O/c1-10(9-14-3)13-7-5-4-6-11(13)8-12-2/h10-12H,4-9H2,1-3H3. The normalized spacial score (nSPS) is 26.4. The molecule has 2 atom stereocenters. The average molecular weight is 200 g/mol. The summed E-state index contributed by atoms with van der Waals surface area (Å²) in [7, 11) is 3.82. The van der Waals surface area contributed by atoms with E-state index in [1.54, 1.807) is 7.11 Å². The van der Waals surface area contributed by atoms with Crippen molar-refractivity contribution in [2.75, 3.05) is 33.9 Å². The van der Waals surface area contributed by atoms with Gasteiger partial charge in [0.1, 0.15) is 0 Å². The Labute approximate surface area is 87.8 Å². The molecule has 0 spiro atoms. The minimum absolute atomic E-state index is 0.554. The average Bonchev–Trinajstić information content (AvgIpc) is 2.19. The Balaban J connectivity index is 2.44. The molecule has 0 aromatic rings. The van der Waals surface area contributed by atoms with Gasteiger partial charge in [0.25, 0.3) is 0 Å². The minimum Gasteiger partial charge on any atom is -0.383 e. The van der Waals surface area contributed by atoms with Gasteiger partial charge in [-0.05, 0) is 33.4 Å². The fourth-order valence-corrected chi connectivity index (χ4v) is 2.39. The molecule has 0 aliphatic carbocycles. The fraction of sp³-hybridized carbons (Fsp3) is 1.00. The van der Waals surface area contributed by atoms with Gasteiger partial charge in [-0.3, -0.25) is 4.90 Å². The second kappa shape index (κ2) is 6.38. The Morgan fingerprint density at radius 1 is 1.50 bits per heavy atom. The number of likely N-dealkylation sites (N-methyl/N-ethyl adjacent to an activating group) is 1. The number of ether oxygens (including phenoxy) is 1. The van der Waals surface area contributed by atoms with Crippen LogP contribution in [0, 0.1) is 0 Å². The predicted molar refractivity (Wildman–Crippen MR) is 59.6 cm³/mol. The topological polar surface area (TPSA) is 24.5 Å². The van der Waals surface area contributed by atoms with Crippen LogP contribution in [0.2, 0.25) is 0 Å². The lowest BCUT2D eigenvalue weighted by Gasteiger charge is -2.39. The van der Waals surface area contributed by atoms with Gasteiger partial charge in [-0.25, -0.2) is 0 Å². The van der Waals surface area contributed by atoms with Crippen molar-refractivity contribution >= 4 is 0 Å². The molecule has 1 heterocycles. The van der Waals surface area contributed by atoms with Crippen LogP contribution in [0.25, 0.3) is 0 Å². The fourth-order valence-electron chi connectivity index (χ4n) is 2.39. The minimum atomic E-state index is 0.554. The molecule has 84 valence electrons. The van der Waals surface area contributed by atoms with Crippen molar-refractivity contribution in [3.63, 3.8) is 0 Å². The maximum Gasteiger partial charge on any atom is 0.0615 e. The van der Waals surface area contributed by atoms with Crippen LogP contribution in [-0.2, 0) is 4.74 Å². The SMILES string of the molecule is CNCC1CCCCN1C(C)COC. The van der Waals surface area contributed by atoms with Crippen molar-refractivity contribution in [1.29, 1.82) is 0 Å². The molecule has 1 fully saturated rings. The van der Waals surface area contributed by atoms with E-state index in [1.807, 2.05) is 7.05 Å². The largest absolute Gasteiger partial charge is 0.383 e. The van der Waals surface area contributed by atoms with E-state index in [1.165, 1.54) is 25.8 Å². The highest BCUT2D eigenvalue weighted by atomic mass is 16.5. The van der Waals surface area contributed by atoms with Gasteiger partial charge in [0.2, 0.25) is 0 Å². The summed E-state index contributed by atoms with van der Waals surface area (Å²) < 4.78 is 5.22. The summed E-state index contributed by atoms with van der Waals surface area (Å²) in [6.07, 6.45) is 4.05. The predicted octanol–water partition coefficient (Wildman–Crippen LogP) is 1.10. The van der Waals surface area contributed by atoms with Gasteiger partial charge >= 0.3 is 0 Å². The number of piperidine rings is 1. The second-order valence-electron chi connectivity index (χ2n) is 4.25. The van der Waals surface area contributed by atoms with Crippen molar-refractivity contribution in [2.24, 2.45) is 0 Å². The van der Waals surface area contributed by atoms with E-state index in [0.29, 0.717) is 12.1 Å². The van der Waals surface area contributed by atoms with Gasteiger partial charge in [-0.15, -0.1) is 0 Å². The number of likely N-dealkylation sites (tertiary alicyclic amines) is 1. The van der Waals surface area contributed by atoms with E-state index < -0.39 is 0 Å². The molecule has 1 aliphatic heterocycles. The van der Waals surface area contributed by atoms with E-state index >= 15 is 0 Å². The smallest absolute Gasteiger partial charge is 0.0615 e. The molecule has 0 aromatic carbocycles. The highest BCUT2D eigenvalue weighted by Gasteiger charge is 2.25. The molecular formula is C11H24N2O. The van der Waals surface area contributed by atoms with Crippen LogP contribution in [-0.4, -0.2) is 50.8 Å². The zero-order valence-electron chi connectivity index (χ0n) is 9.75. The third-order valence-electron chi connectivity index (χ3n) is 3.09. The molecule has 14 heavy (non-hydrogen) atoms. The molecular weight excluding hydrogens is 176 g/mol. The molecule has 0 amide bonds. The second-order valence-corrected chi connectivity index (χ2v) is 4.25. The maximum absolute atomic E-state index is 5.22. The third-order valence-corrected chi connectivity index (χ3v) is 3.09. The first-order valence-electron chi connectivity index (χ1n) is 5.69. The zero-order chi connectivity index (χ0) is 10.4. The summed E-state index contributed by atoms with van der Waals surface area (Å²) in [4.78, 5) is 2.59. The highest BCUT2D eigenvalue weighted by Crippen LogP contribution is 2.19. The Bertz CT molecular complexity index is 150. The van der Waals surface area contributed by atoms with Crippen molar-refractivity contribution in [2.45, 2.75) is 38.3 Å². The molecule has 3 nitrogen and oxygen atoms in total. The first-order chi connectivity index (χ1) is 6.79. The summed E-state index contributed by atoms with van der Waals surface area (Å²) in [6.45, 7) is 5.45. The third kappa shape index (κ3) is 3.23. The van der Waals surface area contributed by atoms with Crippen molar-refractivity contribution in [3.05, 3.63) is 0 Å². The van der Waals surface area contributed by atoms with Crippen LogP contribution in [0.3, 0.4) is 0 Å². The Kier molecular flexibility index (Phi) is 5.45. The van der Waals surface area contributed by atoms with E-state index in [9.17, 15) is 0 Å². The number of nitrogens with one attached hydrogen (secondary N) is 1. The molecule has 1 aliphatic rings. The molecule has 2 unspecified atom stereocenters. The molecule has 1 saturated heterocycles. The molecule has 0 saturated carbocycles. The van der Waals surface area contributed by atoms with E-state index in [0.717, 1.165) is 13.2 Å². The summed E-state index contributed by atoms with van der Waals surface area (Å²) >= 11 is 0. The lowest BCUT2D eigenvalue weighted by Crippen LogP contribution is -2.50. The van der Waals surface area contributed by atoms with Crippen LogP contribution in [0.1, 0.15) is 26.2 Å². The van der Waals surface area contributed by atoms with Crippen LogP contribution < -0.4 is 5.32 Å². The number of rotatable bonds is 5. The molecule has 1 rings (SSSR count). The number of methoxy groups -OCH3 is 1. The van der Waals surface area contributed by atoms with Crippen molar-refractivity contribution in [1.82, 2.24) is 10.2 Å². The Morgan fingerprint density at radius 3 is 2.93 bits per heavy atom. The quantitative estimate of drug-likeness (QED) is 0.719. The van der Waals surface area contributed by atoms with Crippen LogP contribution in [0.15, 0.2) is 0 Å². The molecule has 0 radical (unpaired) electrons. The summed E-state index contributed by atoms with van der Waals surface area (Å²) in [5.41, 5.74) is 0. The first-order valence-corrected chi connectivity index (χ1v) is 5.69. The Morgan fingerprint density at radius 2 is 2.29 bits per heavy atom. The highest BCUT2D eigenvalue weighted by molar-refractivity contribution is 4.81. The summed E-state index contributed by atoms with van der Waals surface area (Å²) in [6, 6.07) is 1.26. The summed E-state index contributed by atoms with van der Waals surface area (Å²) in [5, 5.41) is 3.28. The van der Waals surface area contributed by atoms with Gasteiger partial charge in [-0.2, -0.15) is 0 Å². The lowest BCUT2D eigenvalue weighted by molar-refractivity contribution is 0.0495. The monoisotopic (exact) mass is 200 g/mol. The molecule has 3 heteroatoms. The Hall–Kier alpha value is -0.120. The summed E-state index contributed by atoms with van der Waals surface area (Å²) in [5.74, 6) is 0. The number of hydrogen-bond donors (Lipinski definition) is 1. The molecule has 1 N–H and O–H groups in total. The van der Waals surface area contributed by atoms with E-state index in [4.69, 9.17) is 4.74 Å². The van der Waals surface area contributed by atoms with E-state index in [-0.39, 0.29) is 0 Å². The van der Waals surface area contributed by atoms with E-state index in [2.05, 4.69) is 17.1 Å². The van der Waals surface area contributed by atoms with Crippen LogP contribution >= 0.6 is 0 Å². The van der Waals surface area contributed by atoms with Crippen LogP contribution in [0.5, 0.6) is 0 Å². The zero-order valence-corrected chi connectivity index (χ0v) is 9.75. The number of nitrogens with zero attached hydrogens (tertiary/aromatic N) is 1. The van der Waals surface area contributed by atoms with Crippen LogP contribution in [0.4, 0.5) is 0 Å². The molecule has 0 aromatic heterocycles. The van der Waals surface area contributed by atoms with Gasteiger partial charge in [0.05, 0.1) is 6.61 Å². The number of hydrogen-bond acceptors (Lipinski definition) is 3. The molecule has 0 bridgehead atoms. The van der Waals surface area contributed by atoms with Crippen molar-refractivity contribution < 1.29 is 4.74 Å². The lowest BCUT2D eigenvalue weighted by atomic mass is 10.0. The first kappa shape index (κ1) is 12.0. The van der Waals surface area contributed by atoms with Crippen molar-refractivity contribution in [3.8, 4) is 0 Å². The van der Waals surface area contributed by atoms with Gasteiger partial charge < -0.3 is 10.1 Å².